The number of nitrogens with one attached hydrogen (secondary N) is 1. The van der Waals surface area contributed by atoms with Crippen LogP contribution in [0, 0.1) is 5.92 Å². The van der Waals surface area contributed by atoms with Gasteiger partial charge in [-0.05, 0) is 37.1 Å². The summed E-state index contributed by atoms with van der Waals surface area (Å²) in [6.45, 7) is 2.27. The predicted octanol–water partition coefficient (Wildman–Crippen LogP) is 1.41. The van der Waals surface area contributed by atoms with Gasteiger partial charge < -0.3 is 10.2 Å². The molecule has 0 atom stereocenters. The molecule has 0 aliphatic carbocycles. The number of aromatic nitrogens is 1. The first-order chi connectivity index (χ1) is 10.2. The van der Waals surface area contributed by atoms with Crippen LogP contribution in [0.3, 0.4) is 0 Å². The molecule has 1 saturated heterocycles. The van der Waals surface area contributed by atoms with Crippen LogP contribution in [-0.2, 0) is 4.79 Å². The Kier molecular flexibility index (Phi) is 6.04. The molecular weight excluding hydrogens is 286 g/mol. The molecule has 21 heavy (non-hydrogen) atoms. The number of carbonyl (C=O) groups is 2. The Morgan fingerprint density at radius 2 is 2.00 bits per heavy atom. The van der Waals surface area contributed by atoms with E-state index in [4.69, 9.17) is 0 Å². The second kappa shape index (κ2) is 8.02. The van der Waals surface area contributed by atoms with Gasteiger partial charge in [0.25, 0.3) is 5.91 Å². The summed E-state index contributed by atoms with van der Waals surface area (Å²) >= 11 is 1.56. The Labute approximate surface area is 129 Å². The van der Waals surface area contributed by atoms with Crippen molar-refractivity contribution in [3.8, 4) is 0 Å². The molecule has 2 heterocycles. The van der Waals surface area contributed by atoms with E-state index in [1.54, 1.807) is 36.3 Å². The molecule has 0 bridgehead atoms. The molecule has 5 nitrogen and oxygen atoms in total. The molecular formula is C15H21N3O2S. The first kappa shape index (κ1) is 15.8. The summed E-state index contributed by atoms with van der Waals surface area (Å²) in [7, 11) is 0. The summed E-state index contributed by atoms with van der Waals surface area (Å²) in [6.07, 6.45) is 7.09. The molecule has 0 radical (unpaired) electrons. The van der Waals surface area contributed by atoms with Crippen molar-refractivity contribution in [1.82, 2.24) is 15.2 Å². The molecule has 0 unspecified atom stereocenters. The van der Waals surface area contributed by atoms with Crippen molar-refractivity contribution >= 4 is 23.6 Å². The molecule has 114 valence electrons. The van der Waals surface area contributed by atoms with Gasteiger partial charge in [0.05, 0.1) is 5.75 Å². The lowest BCUT2D eigenvalue weighted by Gasteiger charge is -2.32. The molecule has 1 N–H and O–H groups in total. The zero-order chi connectivity index (χ0) is 15.1. The highest BCUT2D eigenvalue weighted by molar-refractivity contribution is 7.99. The number of nitrogens with zero attached hydrogens (tertiary/aromatic N) is 2. The highest BCUT2D eigenvalue weighted by Gasteiger charge is 2.22. The molecule has 1 aliphatic heterocycles. The quantitative estimate of drug-likeness (QED) is 0.893. The van der Waals surface area contributed by atoms with E-state index in [0.29, 0.717) is 23.8 Å². The van der Waals surface area contributed by atoms with E-state index < -0.39 is 0 Å². The number of hydrogen-bond acceptors (Lipinski definition) is 4. The average Bonchev–Trinajstić information content (AvgIpc) is 2.54. The zero-order valence-corrected chi connectivity index (χ0v) is 13.1. The van der Waals surface area contributed by atoms with Crippen molar-refractivity contribution < 1.29 is 9.59 Å². The van der Waals surface area contributed by atoms with Gasteiger partial charge in [-0.1, -0.05) is 0 Å². The van der Waals surface area contributed by atoms with Gasteiger partial charge in [-0.15, -0.1) is 0 Å². The normalized spacial score (nSPS) is 15.8. The van der Waals surface area contributed by atoms with Gasteiger partial charge in [-0.3, -0.25) is 14.6 Å². The number of hydrogen-bond donors (Lipinski definition) is 1. The maximum atomic E-state index is 11.9. The van der Waals surface area contributed by atoms with Crippen molar-refractivity contribution in [3.05, 3.63) is 30.1 Å². The molecule has 1 aromatic heterocycles. The van der Waals surface area contributed by atoms with Crippen LogP contribution in [-0.4, -0.2) is 53.3 Å². The summed E-state index contributed by atoms with van der Waals surface area (Å²) in [5.74, 6) is 1.18. The highest BCUT2D eigenvalue weighted by Crippen LogP contribution is 2.17. The molecule has 0 aromatic carbocycles. The van der Waals surface area contributed by atoms with Crippen molar-refractivity contribution in [2.75, 3.05) is 31.6 Å². The van der Waals surface area contributed by atoms with Gasteiger partial charge >= 0.3 is 0 Å². The molecule has 2 amide bonds. The smallest absolute Gasteiger partial charge is 0.251 e. The van der Waals surface area contributed by atoms with Gasteiger partial charge in [-0.25, -0.2) is 0 Å². The van der Waals surface area contributed by atoms with Crippen LogP contribution < -0.4 is 5.32 Å². The monoisotopic (exact) mass is 307 g/mol. The number of pyridine rings is 1. The Hall–Kier alpha value is -1.56. The van der Waals surface area contributed by atoms with E-state index in [0.717, 1.165) is 25.9 Å². The fourth-order valence-corrected chi connectivity index (χ4v) is 2.87. The van der Waals surface area contributed by atoms with E-state index in [1.807, 2.05) is 11.2 Å². The lowest BCUT2D eigenvalue weighted by Crippen LogP contribution is -2.42. The summed E-state index contributed by atoms with van der Waals surface area (Å²) in [5, 5.41) is 2.96. The minimum atomic E-state index is -0.0571. The SMILES string of the molecule is CSCC(=O)N1CCC(CNC(=O)c2ccncc2)CC1. The van der Waals surface area contributed by atoms with E-state index in [1.165, 1.54) is 0 Å². The number of amides is 2. The van der Waals surface area contributed by atoms with E-state index in [2.05, 4.69) is 10.3 Å². The van der Waals surface area contributed by atoms with Crippen molar-refractivity contribution in [2.24, 2.45) is 5.92 Å². The van der Waals surface area contributed by atoms with E-state index in [-0.39, 0.29) is 11.8 Å². The van der Waals surface area contributed by atoms with Crippen LogP contribution in [0.15, 0.2) is 24.5 Å². The standard InChI is InChI=1S/C15H21N3O2S/c1-21-11-14(19)18-8-4-12(5-9-18)10-17-15(20)13-2-6-16-7-3-13/h2-3,6-7,12H,4-5,8-11H2,1H3,(H,17,20). The maximum absolute atomic E-state index is 11.9. The summed E-state index contributed by atoms with van der Waals surface area (Å²) in [5.41, 5.74) is 0.637. The number of thioether (sulfide) groups is 1. The second-order valence-electron chi connectivity index (χ2n) is 5.20. The van der Waals surface area contributed by atoms with Crippen LogP contribution in [0.2, 0.25) is 0 Å². The van der Waals surface area contributed by atoms with Gasteiger partial charge in [0.15, 0.2) is 0 Å². The van der Waals surface area contributed by atoms with Crippen molar-refractivity contribution in [3.63, 3.8) is 0 Å². The van der Waals surface area contributed by atoms with Crippen molar-refractivity contribution in [2.45, 2.75) is 12.8 Å². The van der Waals surface area contributed by atoms with Crippen LogP contribution in [0.4, 0.5) is 0 Å². The minimum absolute atomic E-state index is 0.0571. The third-order valence-corrected chi connectivity index (χ3v) is 4.26. The molecule has 1 fully saturated rings. The van der Waals surface area contributed by atoms with Crippen LogP contribution in [0.5, 0.6) is 0 Å². The van der Waals surface area contributed by atoms with Crippen LogP contribution >= 0.6 is 11.8 Å². The van der Waals surface area contributed by atoms with Gasteiger partial charge in [0, 0.05) is 37.6 Å². The Bertz CT molecular complexity index is 473. The van der Waals surface area contributed by atoms with E-state index >= 15 is 0 Å². The Morgan fingerprint density at radius 1 is 1.33 bits per heavy atom. The third-order valence-electron chi connectivity index (χ3n) is 3.73. The minimum Gasteiger partial charge on any atom is -0.352 e. The fraction of sp³-hybridized carbons (Fsp3) is 0.533. The lowest BCUT2D eigenvalue weighted by atomic mass is 9.96. The predicted molar refractivity (Wildman–Crippen MR) is 84.3 cm³/mol. The second-order valence-corrected chi connectivity index (χ2v) is 6.07. The average molecular weight is 307 g/mol. The third kappa shape index (κ3) is 4.74. The summed E-state index contributed by atoms with van der Waals surface area (Å²) < 4.78 is 0. The van der Waals surface area contributed by atoms with Gasteiger partial charge in [0.2, 0.25) is 5.91 Å². The Balaban J connectivity index is 1.72. The van der Waals surface area contributed by atoms with Gasteiger partial charge in [-0.2, -0.15) is 11.8 Å². The van der Waals surface area contributed by atoms with Gasteiger partial charge in [0.1, 0.15) is 0 Å². The highest BCUT2D eigenvalue weighted by atomic mass is 32.2. The Morgan fingerprint density at radius 3 is 2.62 bits per heavy atom. The molecule has 0 spiro atoms. The topological polar surface area (TPSA) is 62.3 Å². The molecule has 2 rings (SSSR count). The fourth-order valence-electron chi connectivity index (χ4n) is 2.44. The lowest BCUT2D eigenvalue weighted by molar-refractivity contribution is -0.129. The number of piperidine rings is 1. The van der Waals surface area contributed by atoms with E-state index in [9.17, 15) is 9.59 Å². The largest absolute Gasteiger partial charge is 0.352 e. The molecule has 1 aromatic rings. The summed E-state index contributed by atoms with van der Waals surface area (Å²) in [6, 6.07) is 3.41. The number of rotatable bonds is 5. The molecule has 0 saturated carbocycles. The first-order valence-electron chi connectivity index (χ1n) is 7.15. The zero-order valence-electron chi connectivity index (χ0n) is 12.2. The maximum Gasteiger partial charge on any atom is 0.251 e. The summed E-state index contributed by atoms with van der Waals surface area (Å²) in [4.78, 5) is 29.6. The number of likely N-dealkylation sites (tertiary alicyclic amines) is 1. The van der Waals surface area contributed by atoms with Crippen molar-refractivity contribution in [1.29, 1.82) is 0 Å². The first-order valence-corrected chi connectivity index (χ1v) is 8.55. The van der Waals surface area contributed by atoms with Crippen LogP contribution in [0.1, 0.15) is 23.2 Å². The molecule has 6 heteroatoms. The van der Waals surface area contributed by atoms with Crippen LogP contribution in [0.25, 0.3) is 0 Å². The number of carbonyl (C=O) groups excluding carboxylic acids is 2. The molecule has 1 aliphatic rings.